The molecule has 1 aliphatic rings. The highest BCUT2D eigenvalue weighted by Gasteiger charge is 2.24. The molecule has 1 aromatic heterocycles. The summed E-state index contributed by atoms with van der Waals surface area (Å²) in [5, 5.41) is 16.4. The van der Waals surface area contributed by atoms with Gasteiger partial charge in [-0.2, -0.15) is 5.10 Å². The average Bonchev–Trinajstić information content (AvgIpc) is 2.41. The monoisotopic (exact) mass is 290 g/mol. The molecule has 2 heterocycles. The van der Waals surface area contributed by atoms with Crippen LogP contribution in [0.4, 0.5) is 5.82 Å². The lowest BCUT2D eigenvalue weighted by atomic mass is 9.96. The highest BCUT2D eigenvalue weighted by Crippen LogP contribution is 2.26. The number of rotatable bonds is 4. The summed E-state index contributed by atoms with van der Waals surface area (Å²) in [6.07, 6.45) is 2.29. The number of hydrogen-bond donors (Lipinski definition) is 2. The number of anilines is 1. The van der Waals surface area contributed by atoms with Gasteiger partial charge in [-0.25, -0.2) is 0 Å². The normalized spacial score (nSPS) is 16.5. The third-order valence-electron chi connectivity index (χ3n) is 4.24. The van der Waals surface area contributed by atoms with Crippen molar-refractivity contribution in [1.29, 1.82) is 5.41 Å². The third kappa shape index (κ3) is 3.50. The predicted molar refractivity (Wildman–Crippen MR) is 86.0 cm³/mol. The Hall–Kier alpha value is -1.69. The van der Waals surface area contributed by atoms with Crippen molar-refractivity contribution in [3.05, 3.63) is 16.8 Å². The Morgan fingerprint density at radius 2 is 1.90 bits per heavy atom. The maximum atomic E-state index is 7.84. The van der Waals surface area contributed by atoms with Crippen molar-refractivity contribution >= 4 is 11.7 Å². The number of amidine groups is 1. The van der Waals surface area contributed by atoms with Gasteiger partial charge < -0.3 is 15.5 Å². The van der Waals surface area contributed by atoms with Gasteiger partial charge in [-0.3, -0.25) is 5.41 Å². The van der Waals surface area contributed by atoms with E-state index in [4.69, 9.17) is 11.1 Å². The van der Waals surface area contributed by atoms with E-state index in [1.54, 1.807) is 0 Å². The maximum absolute atomic E-state index is 7.84. The second kappa shape index (κ2) is 6.39. The fourth-order valence-electron chi connectivity index (χ4n) is 2.98. The Balaban J connectivity index is 2.17. The van der Waals surface area contributed by atoms with E-state index < -0.39 is 0 Å². The van der Waals surface area contributed by atoms with E-state index in [9.17, 15) is 0 Å². The van der Waals surface area contributed by atoms with Crippen LogP contribution in [0.15, 0.2) is 0 Å². The Bertz CT molecular complexity index is 517. The van der Waals surface area contributed by atoms with Crippen LogP contribution in [-0.4, -0.2) is 54.7 Å². The van der Waals surface area contributed by atoms with Gasteiger partial charge in [0.05, 0.1) is 11.3 Å². The summed E-state index contributed by atoms with van der Waals surface area (Å²) >= 11 is 0. The van der Waals surface area contributed by atoms with E-state index in [2.05, 4.69) is 34.1 Å². The van der Waals surface area contributed by atoms with Gasteiger partial charge in [0.25, 0.3) is 0 Å². The zero-order valence-corrected chi connectivity index (χ0v) is 13.5. The molecule has 116 valence electrons. The van der Waals surface area contributed by atoms with Crippen molar-refractivity contribution in [3.8, 4) is 0 Å². The first-order valence-corrected chi connectivity index (χ1v) is 7.48. The van der Waals surface area contributed by atoms with Crippen LogP contribution in [0.5, 0.6) is 0 Å². The molecule has 0 bridgehead atoms. The van der Waals surface area contributed by atoms with Crippen molar-refractivity contribution in [1.82, 2.24) is 15.1 Å². The van der Waals surface area contributed by atoms with Crippen molar-refractivity contribution in [2.24, 2.45) is 11.7 Å². The zero-order valence-electron chi connectivity index (χ0n) is 13.5. The minimum absolute atomic E-state index is 0.0796. The zero-order chi connectivity index (χ0) is 15.6. The van der Waals surface area contributed by atoms with Crippen LogP contribution in [0, 0.1) is 25.2 Å². The molecule has 1 saturated heterocycles. The smallest absolute Gasteiger partial charge is 0.162 e. The Morgan fingerprint density at radius 1 is 1.29 bits per heavy atom. The first-order chi connectivity index (χ1) is 9.90. The molecule has 0 unspecified atom stereocenters. The first-order valence-electron chi connectivity index (χ1n) is 7.48. The summed E-state index contributed by atoms with van der Waals surface area (Å²) in [6, 6.07) is 0. The quantitative estimate of drug-likeness (QED) is 0.642. The summed E-state index contributed by atoms with van der Waals surface area (Å²) in [4.78, 5) is 4.47. The number of aryl methyl sites for hydroxylation is 1. The molecule has 0 amide bonds. The van der Waals surface area contributed by atoms with Gasteiger partial charge in [0.15, 0.2) is 5.82 Å². The number of nitrogens with one attached hydrogen (secondary N) is 1. The van der Waals surface area contributed by atoms with Gasteiger partial charge in [-0.15, -0.1) is 5.10 Å². The highest BCUT2D eigenvalue weighted by atomic mass is 15.3. The number of nitrogens with two attached hydrogens (primary N) is 1. The third-order valence-corrected chi connectivity index (χ3v) is 4.24. The molecule has 6 heteroatoms. The fraction of sp³-hybridized carbons (Fsp3) is 0.667. The minimum Gasteiger partial charge on any atom is -0.384 e. The molecule has 6 nitrogen and oxygen atoms in total. The Morgan fingerprint density at radius 3 is 2.43 bits per heavy atom. The van der Waals surface area contributed by atoms with E-state index in [0.29, 0.717) is 0 Å². The van der Waals surface area contributed by atoms with Crippen LogP contribution in [0.3, 0.4) is 0 Å². The molecule has 0 aromatic carbocycles. The van der Waals surface area contributed by atoms with Crippen LogP contribution in [-0.2, 0) is 0 Å². The molecular formula is C15H26N6. The average molecular weight is 290 g/mol. The van der Waals surface area contributed by atoms with Gasteiger partial charge in [-0.1, -0.05) is 0 Å². The van der Waals surface area contributed by atoms with E-state index in [1.807, 2.05) is 13.8 Å². The highest BCUT2D eigenvalue weighted by molar-refractivity contribution is 6.01. The number of hydrogen-bond acceptors (Lipinski definition) is 5. The lowest BCUT2D eigenvalue weighted by molar-refractivity contribution is 0.284. The van der Waals surface area contributed by atoms with E-state index in [0.717, 1.165) is 61.0 Å². The molecule has 0 radical (unpaired) electrons. The number of piperidine rings is 1. The number of nitrogens with zero attached hydrogens (tertiary/aromatic N) is 4. The molecule has 1 aliphatic heterocycles. The predicted octanol–water partition coefficient (Wildman–Crippen LogP) is 1.16. The van der Waals surface area contributed by atoms with Crippen LogP contribution in [0.2, 0.25) is 0 Å². The van der Waals surface area contributed by atoms with Crippen LogP contribution in [0.1, 0.15) is 29.7 Å². The Kier molecular flexibility index (Phi) is 4.77. The molecule has 1 aromatic rings. The molecule has 0 spiro atoms. The van der Waals surface area contributed by atoms with Crippen molar-refractivity contribution in [2.75, 3.05) is 38.6 Å². The maximum Gasteiger partial charge on any atom is 0.162 e. The van der Waals surface area contributed by atoms with Crippen LogP contribution >= 0.6 is 0 Å². The first kappa shape index (κ1) is 15.7. The second-order valence-corrected chi connectivity index (χ2v) is 6.22. The summed E-state index contributed by atoms with van der Waals surface area (Å²) < 4.78 is 0. The molecule has 0 saturated carbocycles. The number of aromatic nitrogens is 2. The fourth-order valence-corrected chi connectivity index (χ4v) is 2.98. The molecule has 1 fully saturated rings. The van der Waals surface area contributed by atoms with Crippen molar-refractivity contribution < 1.29 is 0 Å². The Labute approximate surface area is 126 Å². The van der Waals surface area contributed by atoms with E-state index in [1.165, 1.54) is 0 Å². The van der Waals surface area contributed by atoms with Crippen LogP contribution in [0.25, 0.3) is 0 Å². The second-order valence-electron chi connectivity index (χ2n) is 6.22. The lowest BCUT2D eigenvalue weighted by Gasteiger charge is -2.34. The van der Waals surface area contributed by atoms with E-state index >= 15 is 0 Å². The molecule has 21 heavy (non-hydrogen) atoms. The molecule has 2 rings (SSSR count). The van der Waals surface area contributed by atoms with Gasteiger partial charge >= 0.3 is 0 Å². The molecular weight excluding hydrogens is 264 g/mol. The summed E-state index contributed by atoms with van der Waals surface area (Å²) in [5.74, 6) is 1.58. The minimum atomic E-state index is 0.0796. The van der Waals surface area contributed by atoms with Gasteiger partial charge in [0, 0.05) is 19.6 Å². The molecule has 0 atom stereocenters. The van der Waals surface area contributed by atoms with Gasteiger partial charge in [-0.05, 0) is 52.3 Å². The van der Waals surface area contributed by atoms with Gasteiger partial charge in [0.1, 0.15) is 5.84 Å². The lowest BCUT2D eigenvalue weighted by Crippen LogP contribution is -2.39. The van der Waals surface area contributed by atoms with Crippen molar-refractivity contribution in [2.45, 2.75) is 26.7 Å². The molecule has 3 N–H and O–H groups in total. The van der Waals surface area contributed by atoms with Crippen LogP contribution < -0.4 is 10.6 Å². The summed E-state index contributed by atoms with van der Waals surface area (Å²) in [5.41, 5.74) is 8.31. The summed E-state index contributed by atoms with van der Waals surface area (Å²) in [7, 11) is 4.24. The largest absolute Gasteiger partial charge is 0.384 e. The van der Waals surface area contributed by atoms with Crippen molar-refractivity contribution in [3.63, 3.8) is 0 Å². The van der Waals surface area contributed by atoms with E-state index in [-0.39, 0.29) is 5.84 Å². The SMILES string of the molecule is Cc1nnc(N2CCC(CN(C)C)CC2)c(C(=N)N)c1C. The summed E-state index contributed by atoms with van der Waals surface area (Å²) in [6.45, 7) is 6.91. The van der Waals surface area contributed by atoms with Gasteiger partial charge in [0.2, 0.25) is 0 Å². The number of nitrogen functional groups attached to an aromatic ring is 1. The molecule has 0 aliphatic carbocycles. The topological polar surface area (TPSA) is 82.1 Å². The standard InChI is InChI=1S/C15H26N6/c1-10-11(2)18-19-15(13(10)14(16)17)21-7-5-12(6-8-21)9-20(3)4/h12H,5-9H2,1-4H3,(H3,16,17).